The van der Waals surface area contributed by atoms with Crippen LogP contribution in [0.25, 0.3) is 22.3 Å². The molecule has 3 aromatic carbocycles. The minimum atomic E-state index is -0.447. The van der Waals surface area contributed by atoms with E-state index in [0.29, 0.717) is 31.8 Å². The number of ether oxygens (including phenoxy) is 1. The fourth-order valence-corrected chi connectivity index (χ4v) is 3.48. The van der Waals surface area contributed by atoms with Crippen LogP contribution in [-0.4, -0.2) is 12.4 Å². The van der Waals surface area contributed by atoms with Crippen LogP contribution in [-0.2, 0) is 0 Å². The first-order valence-electron chi connectivity index (χ1n) is 8.87. The predicted molar refractivity (Wildman–Crippen MR) is 119 cm³/mol. The summed E-state index contributed by atoms with van der Waals surface area (Å²) in [6, 6.07) is 18.0. The van der Waals surface area contributed by atoms with E-state index < -0.39 is 5.43 Å². The van der Waals surface area contributed by atoms with Gasteiger partial charge in [0.25, 0.3) is 0 Å². The molecule has 0 N–H and O–H groups in total. The second kappa shape index (κ2) is 8.52. The molecule has 0 saturated heterocycles. The Morgan fingerprint density at radius 3 is 2.33 bits per heavy atom. The number of hydrogen-bond acceptors (Lipinski definition) is 4. The van der Waals surface area contributed by atoms with E-state index in [9.17, 15) is 9.59 Å². The van der Waals surface area contributed by atoms with Gasteiger partial charge in [0, 0.05) is 21.2 Å². The molecule has 4 rings (SSSR count). The number of Topliss-reactive ketones (excluding diaryl/α,β-unsaturated/α-hetero) is 1. The number of hydrogen-bond donors (Lipinski definition) is 0. The predicted octanol–water partition coefficient (Wildman–Crippen LogP) is 6.68. The minimum absolute atomic E-state index is 0.111. The molecule has 150 valence electrons. The molecule has 0 spiro atoms. The molecule has 4 aromatic rings. The SMILES string of the molecule is O=C(COc1c(-c2ccccc2Cl)oc2ccc(Cl)cc2c1=O)c1ccc(Cl)cc1. The average Bonchev–Trinajstić information content (AvgIpc) is 2.74. The maximum atomic E-state index is 13.2. The number of fused-ring (bicyclic) bond motifs is 1. The molecular formula is C23H13Cl3O4. The molecule has 30 heavy (non-hydrogen) atoms. The van der Waals surface area contributed by atoms with E-state index in [0.717, 1.165) is 0 Å². The van der Waals surface area contributed by atoms with Crippen LogP contribution in [0.5, 0.6) is 5.75 Å². The van der Waals surface area contributed by atoms with Gasteiger partial charge >= 0.3 is 0 Å². The summed E-state index contributed by atoms with van der Waals surface area (Å²) in [6.07, 6.45) is 0. The molecule has 1 aromatic heterocycles. The second-order valence-corrected chi connectivity index (χ2v) is 7.71. The van der Waals surface area contributed by atoms with E-state index in [4.69, 9.17) is 44.0 Å². The van der Waals surface area contributed by atoms with Crippen LogP contribution in [0.15, 0.2) is 75.9 Å². The third-order valence-corrected chi connectivity index (χ3v) is 5.26. The van der Waals surface area contributed by atoms with Crippen molar-refractivity contribution >= 4 is 51.6 Å². The third-order valence-electron chi connectivity index (χ3n) is 4.44. The standard InChI is InChI=1S/C23H13Cl3O4/c24-14-7-5-13(6-8-14)19(27)12-29-23-21(28)17-11-15(25)9-10-20(17)30-22(23)16-3-1-2-4-18(16)26/h1-11H,12H2. The van der Waals surface area contributed by atoms with Crippen LogP contribution in [0.3, 0.4) is 0 Å². The van der Waals surface area contributed by atoms with Gasteiger partial charge in [-0.3, -0.25) is 9.59 Å². The summed E-state index contributed by atoms with van der Waals surface area (Å²) in [5.74, 6) is -0.285. The molecule has 0 aliphatic heterocycles. The average molecular weight is 460 g/mol. The number of halogens is 3. The molecule has 0 bridgehead atoms. The largest absolute Gasteiger partial charge is 0.478 e. The van der Waals surface area contributed by atoms with Gasteiger partial charge in [0.05, 0.1) is 10.4 Å². The van der Waals surface area contributed by atoms with Crippen molar-refractivity contribution in [2.45, 2.75) is 0 Å². The molecule has 0 aliphatic carbocycles. The van der Waals surface area contributed by atoms with Crippen LogP contribution < -0.4 is 10.2 Å². The van der Waals surface area contributed by atoms with E-state index in [1.54, 1.807) is 60.7 Å². The Balaban J connectivity index is 1.80. The van der Waals surface area contributed by atoms with E-state index in [1.807, 2.05) is 0 Å². The van der Waals surface area contributed by atoms with Crippen LogP contribution in [0.2, 0.25) is 15.1 Å². The molecule has 1 heterocycles. The van der Waals surface area contributed by atoms with Gasteiger partial charge in [-0.2, -0.15) is 0 Å². The van der Waals surface area contributed by atoms with E-state index in [2.05, 4.69) is 0 Å². The summed E-state index contributed by atoms with van der Waals surface area (Å²) < 4.78 is 11.6. The first-order valence-corrected chi connectivity index (χ1v) is 10.0. The quantitative estimate of drug-likeness (QED) is 0.312. The van der Waals surface area contributed by atoms with Gasteiger partial charge in [-0.25, -0.2) is 0 Å². The van der Waals surface area contributed by atoms with Crippen molar-refractivity contribution in [2.75, 3.05) is 6.61 Å². The summed E-state index contributed by atoms with van der Waals surface area (Å²) in [6.45, 7) is -0.365. The van der Waals surface area contributed by atoms with Gasteiger partial charge in [-0.05, 0) is 54.6 Å². The van der Waals surface area contributed by atoms with Gasteiger partial charge in [0.15, 0.2) is 18.2 Å². The van der Waals surface area contributed by atoms with Gasteiger partial charge in [-0.15, -0.1) is 0 Å². The maximum absolute atomic E-state index is 13.2. The van der Waals surface area contributed by atoms with E-state index >= 15 is 0 Å². The lowest BCUT2D eigenvalue weighted by Crippen LogP contribution is -2.17. The first-order chi connectivity index (χ1) is 14.4. The monoisotopic (exact) mass is 458 g/mol. The topological polar surface area (TPSA) is 56.5 Å². The lowest BCUT2D eigenvalue weighted by Gasteiger charge is -2.12. The zero-order valence-corrected chi connectivity index (χ0v) is 17.6. The molecule has 0 radical (unpaired) electrons. The summed E-state index contributed by atoms with van der Waals surface area (Å²) >= 11 is 18.2. The molecule has 0 atom stereocenters. The molecular weight excluding hydrogens is 447 g/mol. The van der Waals surface area contributed by atoms with Crippen molar-refractivity contribution in [1.82, 2.24) is 0 Å². The Morgan fingerprint density at radius 2 is 1.60 bits per heavy atom. The summed E-state index contributed by atoms with van der Waals surface area (Å²) in [7, 11) is 0. The van der Waals surface area contributed by atoms with Gasteiger partial charge in [0.2, 0.25) is 11.2 Å². The molecule has 0 amide bonds. The van der Waals surface area contributed by atoms with Crippen LogP contribution in [0, 0.1) is 0 Å². The Hall–Kier alpha value is -2.79. The highest BCUT2D eigenvalue weighted by atomic mass is 35.5. The van der Waals surface area contributed by atoms with E-state index in [1.165, 1.54) is 6.07 Å². The maximum Gasteiger partial charge on any atom is 0.235 e. The third kappa shape index (κ3) is 4.08. The summed E-state index contributed by atoms with van der Waals surface area (Å²) in [5, 5.41) is 1.51. The highest BCUT2D eigenvalue weighted by Crippen LogP contribution is 2.35. The number of carbonyl (C=O) groups is 1. The van der Waals surface area contributed by atoms with Crippen molar-refractivity contribution in [3.63, 3.8) is 0 Å². The lowest BCUT2D eigenvalue weighted by molar-refractivity contribution is 0.0920. The number of benzene rings is 3. The van der Waals surface area contributed by atoms with Crippen molar-refractivity contribution in [3.8, 4) is 17.1 Å². The normalized spacial score (nSPS) is 10.9. The van der Waals surface area contributed by atoms with Crippen LogP contribution in [0.4, 0.5) is 0 Å². The summed E-state index contributed by atoms with van der Waals surface area (Å²) in [5.41, 5.74) is 0.766. The zero-order valence-electron chi connectivity index (χ0n) is 15.3. The Labute approximate surface area is 186 Å². The Bertz CT molecular complexity index is 1310. The van der Waals surface area contributed by atoms with E-state index in [-0.39, 0.29) is 29.3 Å². The van der Waals surface area contributed by atoms with Crippen molar-refractivity contribution in [1.29, 1.82) is 0 Å². The molecule has 7 heteroatoms. The smallest absolute Gasteiger partial charge is 0.235 e. The molecule has 0 aliphatic rings. The molecule has 4 nitrogen and oxygen atoms in total. The van der Waals surface area contributed by atoms with Crippen LogP contribution in [0.1, 0.15) is 10.4 Å². The minimum Gasteiger partial charge on any atom is -0.478 e. The fraction of sp³-hybridized carbons (Fsp3) is 0.0435. The Kier molecular flexibility index (Phi) is 5.82. The van der Waals surface area contributed by atoms with Crippen LogP contribution >= 0.6 is 34.8 Å². The van der Waals surface area contributed by atoms with Gasteiger partial charge in [0.1, 0.15) is 5.58 Å². The first kappa shape index (κ1) is 20.5. The second-order valence-electron chi connectivity index (χ2n) is 6.43. The Morgan fingerprint density at radius 1 is 0.900 bits per heavy atom. The highest BCUT2D eigenvalue weighted by molar-refractivity contribution is 6.33. The molecule has 0 fully saturated rings. The zero-order chi connectivity index (χ0) is 21.3. The summed E-state index contributed by atoms with van der Waals surface area (Å²) in [4.78, 5) is 25.7. The van der Waals surface area contributed by atoms with Crippen molar-refractivity contribution < 1.29 is 13.9 Å². The number of ketones is 1. The number of carbonyl (C=O) groups excluding carboxylic acids is 1. The number of rotatable bonds is 5. The fourth-order valence-electron chi connectivity index (χ4n) is 2.96. The van der Waals surface area contributed by atoms with Gasteiger partial charge < -0.3 is 9.15 Å². The van der Waals surface area contributed by atoms with Gasteiger partial charge in [-0.1, -0.05) is 46.9 Å². The highest BCUT2D eigenvalue weighted by Gasteiger charge is 2.21. The van der Waals surface area contributed by atoms with Crippen molar-refractivity contribution in [2.24, 2.45) is 0 Å². The molecule has 0 saturated carbocycles. The lowest BCUT2D eigenvalue weighted by atomic mass is 10.1. The molecule has 0 unspecified atom stereocenters. The van der Waals surface area contributed by atoms with Crippen molar-refractivity contribution in [3.05, 3.63) is 97.6 Å².